The molecule has 4 aromatic carbocycles. The second-order valence-electron chi connectivity index (χ2n) is 8.94. The summed E-state index contributed by atoms with van der Waals surface area (Å²) in [6.45, 7) is 7.94. The predicted octanol–water partition coefficient (Wildman–Crippen LogP) is 8.79. The minimum absolute atomic E-state index is 0.776. The number of hydrogen-bond acceptors (Lipinski definition) is 4. The van der Waals surface area contributed by atoms with Gasteiger partial charge < -0.3 is 4.57 Å². The van der Waals surface area contributed by atoms with Crippen molar-refractivity contribution in [3.05, 3.63) is 121 Å². The Morgan fingerprint density at radius 2 is 1.24 bits per heavy atom. The zero-order valence-corrected chi connectivity index (χ0v) is 20.8. The number of aromatic nitrogens is 3. The normalized spacial score (nSPS) is 12.4. The summed E-state index contributed by atoms with van der Waals surface area (Å²) in [4.78, 5) is 4.59. The predicted molar refractivity (Wildman–Crippen MR) is 155 cm³/mol. The van der Waals surface area contributed by atoms with E-state index in [2.05, 4.69) is 124 Å². The molecule has 4 nitrogen and oxygen atoms in total. The van der Waals surface area contributed by atoms with Gasteiger partial charge in [0, 0.05) is 26.6 Å². The van der Waals surface area contributed by atoms with Crippen LogP contribution in [-0.4, -0.2) is 14.8 Å². The summed E-state index contributed by atoms with van der Waals surface area (Å²) in [5.74, 6) is 0.776. The summed E-state index contributed by atoms with van der Waals surface area (Å²) in [7, 11) is 0. The molecule has 0 saturated carbocycles. The van der Waals surface area contributed by atoms with Crippen molar-refractivity contribution in [3.63, 3.8) is 0 Å². The Bertz CT molecular complexity index is 1760. The monoisotopic (exact) mass is 494 g/mol. The lowest BCUT2D eigenvalue weighted by Gasteiger charge is -2.31. The largest absolute Gasteiger partial charge is 0.307 e. The minimum atomic E-state index is 0.776. The molecule has 1 aliphatic rings. The lowest BCUT2D eigenvalue weighted by atomic mass is 10.1. The number of nitrogens with zero attached hydrogens (tertiary/aromatic N) is 4. The number of anilines is 3. The molecule has 3 heterocycles. The van der Waals surface area contributed by atoms with E-state index in [-0.39, 0.29) is 0 Å². The molecule has 0 aliphatic carbocycles. The Morgan fingerprint density at radius 1 is 0.676 bits per heavy atom. The van der Waals surface area contributed by atoms with Gasteiger partial charge in [0.25, 0.3) is 0 Å². The van der Waals surface area contributed by atoms with E-state index in [0.29, 0.717) is 0 Å². The molecule has 37 heavy (non-hydrogen) atoms. The molecule has 0 amide bonds. The molecule has 0 atom stereocenters. The minimum Gasteiger partial charge on any atom is -0.307 e. The lowest BCUT2D eigenvalue weighted by Crippen LogP contribution is -2.16. The van der Waals surface area contributed by atoms with Gasteiger partial charge in [0.2, 0.25) is 0 Å². The van der Waals surface area contributed by atoms with Crippen LogP contribution in [0, 0.1) is 0 Å². The van der Waals surface area contributed by atoms with Gasteiger partial charge in [-0.05, 0) is 59.7 Å². The van der Waals surface area contributed by atoms with Crippen LogP contribution < -0.4 is 4.90 Å². The van der Waals surface area contributed by atoms with Gasteiger partial charge >= 0.3 is 0 Å². The average molecular weight is 495 g/mol. The molecule has 1 aliphatic heterocycles. The highest BCUT2D eigenvalue weighted by molar-refractivity contribution is 7.99. The van der Waals surface area contributed by atoms with Crippen molar-refractivity contribution in [3.8, 4) is 5.69 Å². The van der Waals surface area contributed by atoms with Crippen LogP contribution in [0.2, 0.25) is 0 Å². The van der Waals surface area contributed by atoms with E-state index in [1.165, 1.54) is 20.6 Å². The molecule has 7 rings (SSSR count). The molecular weight excluding hydrogens is 472 g/mol. The van der Waals surface area contributed by atoms with E-state index >= 15 is 0 Å². The van der Waals surface area contributed by atoms with E-state index < -0.39 is 0 Å². The summed E-state index contributed by atoms with van der Waals surface area (Å²) < 4.78 is 2.26. The second kappa shape index (κ2) is 8.50. The van der Waals surface area contributed by atoms with Crippen molar-refractivity contribution >= 4 is 62.9 Å². The Hall–Kier alpha value is -4.61. The molecule has 176 valence electrons. The molecule has 0 N–H and O–H groups in total. The summed E-state index contributed by atoms with van der Waals surface area (Å²) in [6.07, 6.45) is 5.60. The van der Waals surface area contributed by atoms with Crippen molar-refractivity contribution < 1.29 is 0 Å². The molecule has 5 heteroatoms. The maximum Gasteiger partial charge on any atom is 0.162 e. The van der Waals surface area contributed by atoms with E-state index in [4.69, 9.17) is 0 Å². The molecule has 6 aromatic rings. The maximum absolute atomic E-state index is 4.61. The fraction of sp³-hybridized carbons (Fsp3) is 0. The highest BCUT2D eigenvalue weighted by Crippen LogP contribution is 2.50. The maximum atomic E-state index is 4.61. The number of rotatable bonds is 4. The summed E-state index contributed by atoms with van der Waals surface area (Å²) >= 11 is 1.78. The van der Waals surface area contributed by atoms with Gasteiger partial charge in [-0.1, -0.05) is 73.5 Å². The molecule has 0 saturated heterocycles. The Balaban J connectivity index is 1.48. The molecule has 0 fully saturated rings. The summed E-state index contributed by atoms with van der Waals surface area (Å²) in [5.41, 5.74) is 7.55. The average Bonchev–Trinajstić information content (AvgIpc) is 3.28. The third-order valence-corrected chi connectivity index (χ3v) is 7.96. The van der Waals surface area contributed by atoms with E-state index in [1.54, 1.807) is 11.8 Å². The third-order valence-electron chi connectivity index (χ3n) is 6.83. The van der Waals surface area contributed by atoms with Gasteiger partial charge in [-0.25, -0.2) is 0 Å². The van der Waals surface area contributed by atoms with E-state index in [0.717, 1.165) is 45.0 Å². The molecule has 0 bridgehead atoms. The van der Waals surface area contributed by atoms with Gasteiger partial charge in [0.1, 0.15) is 0 Å². The first-order valence-corrected chi connectivity index (χ1v) is 12.9. The molecule has 0 radical (unpaired) electrons. The first-order valence-electron chi connectivity index (χ1n) is 12.1. The van der Waals surface area contributed by atoms with Gasteiger partial charge in [0.15, 0.2) is 5.82 Å². The highest BCUT2D eigenvalue weighted by Gasteiger charge is 2.26. The van der Waals surface area contributed by atoms with Crippen molar-refractivity contribution in [1.82, 2.24) is 14.8 Å². The molecule has 0 unspecified atom stereocenters. The van der Waals surface area contributed by atoms with Crippen molar-refractivity contribution in [2.75, 3.05) is 4.90 Å². The Morgan fingerprint density at radius 3 is 1.81 bits per heavy atom. The number of hydrogen-bond donors (Lipinski definition) is 0. The molecular formula is C32H22N4S. The zero-order valence-electron chi connectivity index (χ0n) is 20.0. The smallest absolute Gasteiger partial charge is 0.162 e. The first kappa shape index (κ1) is 21.7. The quantitative estimate of drug-likeness (QED) is 0.245. The van der Waals surface area contributed by atoms with Crippen molar-refractivity contribution in [1.29, 1.82) is 0 Å². The second-order valence-corrected chi connectivity index (χ2v) is 10.0. The fourth-order valence-electron chi connectivity index (χ4n) is 5.12. The van der Waals surface area contributed by atoms with Crippen molar-refractivity contribution in [2.45, 2.75) is 9.79 Å². The lowest BCUT2D eigenvalue weighted by molar-refractivity contribution is 0.970. The standard InChI is InChI=1S/C32H22N4S/c1-3-21-13-15-26-24(17-21)25-18-22(4-2)14-16-27(25)35(26)23-19-32(34-33-20-23)36-28-9-5-7-11-30(28)37-31-12-8-6-10-29(31)36/h3-20H,1-2H2. The van der Waals surface area contributed by atoms with Crippen LogP contribution >= 0.6 is 11.8 Å². The topological polar surface area (TPSA) is 34.0 Å². The Labute approximate surface area is 219 Å². The van der Waals surface area contributed by atoms with Crippen LogP contribution in [0.3, 0.4) is 0 Å². The van der Waals surface area contributed by atoms with E-state index in [1.807, 2.05) is 18.3 Å². The van der Waals surface area contributed by atoms with Crippen molar-refractivity contribution in [2.24, 2.45) is 0 Å². The van der Waals surface area contributed by atoms with Gasteiger partial charge in [-0.15, -0.1) is 5.10 Å². The SMILES string of the molecule is C=Cc1ccc2c(c1)c1cc(C=C)ccc1n2-c1cnnc(N2c3ccccc3Sc3ccccc32)c1. The van der Waals surface area contributed by atoms with Crippen LogP contribution in [0.1, 0.15) is 11.1 Å². The molecule has 2 aromatic heterocycles. The van der Waals surface area contributed by atoms with Gasteiger partial charge in [0.05, 0.1) is 34.3 Å². The summed E-state index contributed by atoms with van der Waals surface area (Å²) in [5, 5.41) is 11.4. The van der Waals surface area contributed by atoms with E-state index in [9.17, 15) is 0 Å². The third kappa shape index (κ3) is 3.39. The van der Waals surface area contributed by atoms with Gasteiger partial charge in [-0.2, -0.15) is 5.10 Å². The van der Waals surface area contributed by atoms with Crippen LogP contribution in [0.25, 0.3) is 39.6 Å². The Kier molecular flexibility index (Phi) is 4.98. The van der Waals surface area contributed by atoms with Gasteiger partial charge in [-0.3, -0.25) is 4.90 Å². The highest BCUT2D eigenvalue weighted by atomic mass is 32.2. The summed E-state index contributed by atoms with van der Waals surface area (Å²) in [6, 6.07) is 31.9. The number of fused-ring (bicyclic) bond motifs is 5. The van der Waals surface area contributed by atoms with Crippen LogP contribution in [0.15, 0.2) is 120 Å². The fourth-order valence-corrected chi connectivity index (χ4v) is 6.18. The zero-order chi connectivity index (χ0) is 24.9. The van der Waals surface area contributed by atoms with Crippen LogP contribution in [-0.2, 0) is 0 Å². The van der Waals surface area contributed by atoms with Crippen LogP contribution in [0.5, 0.6) is 0 Å². The number of benzene rings is 4. The first-order chi connectivity index (χ1) is 18.2. The van der Waals surface area contributed by atoms with Crippen LogP contribution in [0.4, 0.5) is 17.2 Å². The number of para-hydroxylation sites is 2. The molecule has 0 spiro atoms.